The minimum absolute atomic E-state index is 0.519. The monoisotopic (exact) mass is 188 g/mol. The van der Waals surface area contributed by atoms with Crippen LogP contribution in [0.25, 0.3) is 0 Å². The second kappa shape index (κ2) is 3.93. The normalized spacial score (nSPS) is 10.1. The Labute approximate surface area is 75.4 Å². The third-order valence-electron chi connectivity index (χ3n) is 1.32. The molecular formula is C7H9ClN2S. The Morgan fingerprint density at radius 3 is 2.91 bits per heavy atom. The molecular weight excluding hydrogens is 180 g/mol. The van der Waals surface area contributed by atoms with Crippen molar-refractivity contribution in [1.82, 2.24) is 9.97 Å². The molecule has 0 aliphatic carbocycles. The molecule has 0 fully saturated rings. The Morgan fingerprint density at radius 1 is 1.64 bits per heavy atom. The van der Waals surface area contributed by atoms with E-state index in [1.54, 1.807) is 18.0 Å². The van der Waals surface area contributed by atoms with Crippen LogP contribution < -0.4 is 0 Å². The topological polar surface area (TPSA) is 25.8 Å². The number of halogens is 1. The van der Waals surface area contributed by atoms with Gasteiger partial charge in [0.2, 0.25) is 0 Å². The molecule has 0 bridgehead atoms. The number of rotatable bonds is 2. The average Bonchev–Trinajstić information content (AvgIpc) is 2.05. The highest BCUT2D eigenvalue weighted by Crippen LogP contribution is 2.16. The van der Waals surface area contributed by atoms with E-state index < -0.39 is 0 Å². The van der Waals surface area contributed by atoms with Gasteiger partial charge in [0.1, 0.15) is 5.03 Å². The number of thioether (sulfide) groups is 1. The first-order valence-corrected chi connectivity index (χ1v) is 4.93. The first-order valence-electron chi connectivity index (χ1n) is 3.33. The summed E-state index contributed by atoms with van der Waals surface area (Å²) in [6, 6.07) is 0. The van der Waals surface area contributed by atoms with Gasteiger partial charge in [-0.25, -0.2) is 9.97 Å². The zero-order valence-electron chi connectivity index (χ0n) is 6.47. The second-order valence-electron chi connectivity index (χ2n) is 2.00. The van der Waals surface area contributed by atoms with E-state index in [0.29, 0.717) is 5.15 Å². The fraction of sp³-hybridized carbons (Fsp3) is 0.429. The predicted molar refractivity (Wildman–Crippen MR) is 48.2 cm³/mol. The van der Waals surface area contributed by atoms with Crippen LogP contribution in [0.4, 0.5) is 0 Å². The lowest BCUT2D eigenvalue weighted by atomic mass is 10.4. The SMILES string of the molecule is CCc1nc(SC)cnc1Cl. The highest BCUT2D eigenvalue weighted by atomic mass is 35.5. The molecule has 0 aliphatic heterocycles. The summed E-state index contributed by atoms with van der Waals surface area (Å²) in [5, 5.41) is 1.44. The molecule has 1 aromatic rings. The molecule has 0 N–H and O–H groups in total. The molecule has 1 aromatic heterocycles. The molecule has 0 radical (unpaired) electrons. The van der Waals surface area contributed by atoms with Gasteiger partial charge in [-0.15, -0.1) is 11.8 Å². The maximum Gasteiger partial charge on any atom is 0.150 e. The molecule has 0 amide bonds. The Bertz CT molecular complexity index is 252. The lowest BCUT2D eigenvalue weighted by Gasteiger charge is -2.00. The van der Waals surface area contributed by atoms with Crippen molar-refractivity contribution in [2.45, 2.75) is 18.4 Å². The van der Waals surface area contributed by atoms with Crippen LogP contribution in [0, 0.1) is 0 Å². The van der Waals surface area contributed by atoms with E-state index in [9.17, 15) is 0 Å². The minimum Gasteiger partial charge on any atom is -0.242 e. The zero-order chi connectivity index (χ0) is 8.27. The molecule has 11 heavy (non-hydrogen) atoms. The van der Waals surface area contributed by atoms with Crippen LogP contribution >= 0.6 is 23.4 Å². The van der Waals surface area contributed by atoms with Gasteiger partial charge in [-0.1, -0.05) is 18.5 Å². The molecule has 2 nitrogen and oxygen atoms in total. The van der Waals surface area contributed by atoms with E-state index in [4.69, 9.17) is 11.6 Å². The Morgan fingerprint density at radius 2 is 2.36 bits per heavy atom. The van der Waals surface area contributed by atoms with Crippen molar-refractivity contribution in [1.29, 1.82) is 0 Å². The number of aromatic nitrogens is 2. The van der Waals surface area contributed by atoms with Crippen LogP contribution in [0.1, 0.15) is 12.6 Å². The van der Waals surface area contributed by atoms with Gasteiger partial charge in [0.15, 0.2) is 5.15 Å². The van der Waals surface area contributed by atoms with E-state index in [0.717, 1.165) is 17.1 Å². The van der Waals surface area contributed by atoms with E-state index in [1.165, 1.54) is 0 Å². The maximum absolute atomic E-state index is 5.77. The van der Waals surface area contributed by atoms with Crippen LogP contribution in [-0.2, 0) is 6.42 Å². The molecule has 0 spiro atoms. The van der Waals surface area contributed by atoms with Crippen molar-refractivity contribution >= 4 is 23.4 Å². The summed E-state index contributed by atoms with van der Waals surface area (Å²) in [7, 11) is 0. The molecule has 4 heteroatoms. The summed E-state index contributed by atoms with van der Waals surface area (Å²) >= 11 is 7.35. The highest BCUT2D eigenvalue weighted by Gasteiger charge is 2.01. The molecule has 60 valence electrons. The average molecular weight is 189 g/mol. The highest BCUT2D eigenvalue weighted by molar-refractivity contribution is 7.98. The number of hydrogen-bond acceptors (Lipinski definition) is 3. The van der Waals surface area contributed by atoms with Gasteiger partial charge in [-0.05, 0) is 12.7 Å². The summed E-state index contributed by atoms with van der Waals surface area (Å²) in [5.74, 6) is 0. The van der Waals surface area contributed by atoms with Crippen molar-refractivity contribution in [3.63, 3.8) is 0 Å². The fourth-order valence-corrected chi connectivity index (χ4v) is 1.30. The zero-order valence-corrected chi connectivity index (χ0v) is 8.04. The van der Waals surface area contributed by atoms with Crippen molar-refractivity contribution < 1.29 is 0 Å². The van der Waals surface area contributed by atoms with Crippen molar-refractivity contribution in [2.24, 2.45) is 0 Å². The van der Waals surface area contributed by atoms with E-state index >= 15 is 0 Å². The van der Waals surface area contributed by atoms with Gasteiger partial charge >= 0.3 is 0 Å². The van der Waals surface area contributed by atoms with Gasteiger partial charge < -0.3 is 0 Å². The molecule has 0 unspecified atom stereocenters. The standard InChI is InChI=1S/C7H9ClN2S/c1-3-5-7(8)9-4-6(10-5)11-2/h4H,3H2,1-2H3. The minimum atomic E-state index is 0.519. The van der Waals surface area contributed by atoms with E-state index in [1.807, 2.05) is 13.2 Å². The number of nitrogens with zero attached hydrogens (tertiary/aromatic N) is 2. The van der Waals surface area contributed by atoms with Crippen molar-refractivity contribution in [3.8, 4) is 0 Å². The van der Waals surface area contributed by atoms with Crippen LogP contribution in [0.15, 0.2) is 11.2 Å². The van der Waals surface area contributed by atoms with Crippen molar-refractivity contribution in [3.05, 3.63) is 17.0 Å². The van der Waals surface area contributed by atoms with Gasteiger partial charge in [0.25, 0.3) is 0 Å². The second-order valence-corrected chi connectivity index (χ2v) is 3.19. The first kappa shape index (κ1) is 8.81. The Kier molecular flexibility index (Phi) is 3.15. The maximum atomic E-state index is 5.77. The Balaban J connectivity index is 3.02. The van der Waals surface area contributed by atoms with Gasteiger partial charge in [-0.2, -0.15) is 0 Å². The summed E-state index contributed by atoms with van der Waals surface area (Å²) in [6.07, 6.45) is 4.49. The third kappa shape index (κ3) is 2.07. The summed E-state index contributed by atoms with van der Waals surface area (Å²) in [5.41, 5.74) is 0.874. The van der Waals surface area contributed by atoms with Crippen molar-refractivity contribution in [2.75, 3.05) is 6.26 Å². The van der Waals surface area contributed by atoms with Gasteiger partial charge in [0, 0.05) is 0 Å². The Hall–Kier alpha value is -0.280. The predicted octanol–water partition coefficient (Wildman–Crippen LogP) is 2.41. The van der Waals surface area contributed by atoms with E-state index in [-0.39, 0.29) is 0 Å². The molecule has 0 saturated carbocycles. The lowest BCUT2D eigenvalue weighted by Crippen LogP contribution is -1.92. The molecule has 0 atom stereocenters. The van der Waals surface area contributed by atoms with E-state index in [2.05, 4.69) is 9.97 Å². The molecule has 0 saturated heterocycles. The van der Waals surface area contributed by atoms with Gasteiger partial charge in [-0.3, -0.25) is 0 Å². The fourth-order valence-electron chi connectivity index (χ4n) is 0.718. The number of aryl methyl sites for hydroxylation is 1. The molecule has 1 heterocycles. The third-order valence-corrected chi connectivity index (χ3v) is 2.25. The largest absolute Gasteiger partial charge is 0.242 e. The summed E-state index contributed by atoms with van der Waals surface area (Å²) < 4.78 is 0. The quantitative estimate of drug-likeness (QED) is 0.667. The molecule has 1 rings (SSSR count). The van der Waals surface area contributed by atoms with Crippen LogP contribution in [0.5, 0.6) is 0 Å². The smallest absolute Gasteiger partial charge is 0.150 e. The molecule has 0 aliphatic rings. The first-order chi connectivity index (χ1) is 5.27. The van der Waals surface area contributed by atoms with Crippen LogP contribution in [-0.4, -0.2) is 16.2 Å². The summed E-state index contributed by atoms with van der Waals surface area (Å²) in [6.45, 7) is 2.01. The van der Waals surface area contributed by atoms with Gasteiger partial charge in [0.05, 0.1) is 11.9 Å². The summed E-state index contributed by atoms with van der Waals surface area (Å²) in [4.78, 5) is 8.28. The number of hydrogen-bond donors (Lipinski definition) is 0. The lowest BCUT2D eigenvalue weighted by molar-refractivity contribution is 0.932. The van der Waals surface area contributed by atoms with Crippen LogP contribution in [0.2, 0.25) is 5.15 Å². The van der Waals surface area contributed by atoms with Crippen LogP contribution in [0.3, 0.4) is 0 Å². The molecule has 0 aromatic carbocycles.